The quantitative estimate of drug-likeness (QED) is 0.326. The molecule has 5 rings (SSSR count). The maximum Gasteiger partial charge on any atom is 0.385 e. The van der Waals surface area contributed by atoms with Crippen LogP contribution in [0.5, 0.6) is 0 Å². The van der Waals surface area contributed by atoms with Crippen LogP contribution in [0.25, 0.3) is 22.6 Å². The van der Waals surface area contributed by atoms with E-state index in [0.717, 1.165) is 0 Å². The standard InChI is InChI=1S/C28H25FN6O3/c1-27(2,3)38-20(36)13-12-19-21-23(33-26(37)28(21,4)5)32-24(31-19)22-17-10-8-14-30-25(17)35(34-22)15-16-9-6-7-11-18(16)29/h6-11,14H,15H2,1-5H3,(H,31,32,33,37). The lowest BCUT2D eigenvalue weighted by Crippen LogP contribution is -2.27. The van der Waals surface area contributed by atoms with Crippen LogP contribution in [0.2, 0.25) is 0 Å². The molecule has 0 fully saturated rings. The first-order valence-electron chi connectivity index (χ1n) is 12.0. The molecule has 1 aliphatic rings. The number of fused-ring (bicyclic) bond motifs is 2. The number of anilines is 1. The van der Waals surface area contributed by atoms with Crippen molar-refractivity contribution in [2.75, 3.05) is 5.32 Å². The van der Waals surface area contributed by atoms with Gasteiger partial charge in [-0.15, -0.1) is 0 Å². The Morgan fingerprint density at radius 3 is 2.66 bits per heavy atom. The zero-order valence-corrected chi connectivity index (χ0v) is 21.6. The van der Waals surface area contributed by atoms with Crippen molar-refractivity contribution in [2.24, 2.45) is 0 Å². The first-order chi connectivity index (χ1) is 17.9. The van der Waals surface area contributed by atoms with Crippen LogP contribution in [0.1, 0.15) is 51.4 Å². The largest absolute Gasteiger partial charge is 0.450 e. The monoisotopic (exact) mass is 512 g/mol. The Balaban J connectivity index is 1.66. The molecule has 0 saturated carbocycles. The van der Waals surface area contributed by atoms with Crippen LogP contribution in [0, 0.1) is 17.7 Å². The summed E-state index contributed by atoms with van der Waals surface area (Å²) in [5.41, 5.74) is 0.349. The number of pyridine rings is 1. The van der Waals surface area contributed by atoms with Gasteiger partial charge in [0.2, 0.25) is 5.91 Å². The normalized spacial score (nSPS) is 14.0. The van der Waals surface area contributed by atoms with E-state index in [9.17, 15) is 14.0 Å². The number of rotatable bonds is 3. The number of carbonyl (C=O) groups is 2. The molecule has 9 nitrogen and oxygen atoms in total. The molecule has 0 atom stereocenters. The molecular weight excluding hydrogens is 487 g/mol. The van der Waals surface area contributed by atoms with E-state index < -0.39 is 17.0 Å². The summed E-state index contributed by atoms with van der Waals surface area (Å²) in [6.45, 7) is 8.84. The minimum atomic E-state index is -0.973. The summed E-state index contributed by atoms with van der Waals surface area (Å²) in [6, 6.07) is 10.0. The summed E-state index contributed by atoms with van der Waals surface area (Å²) in [4.78, 5) is 38.7. The number of halogens is 1. The van der Waals surface area contributed by atoms with E-state index in [2.05, 4.69) is 37.2 Å². The molecular formula is C28H25FN6O3. The maximum absolute atomic E-state index is 14.4. The van der Waals surface area contributed by atoms with Gasteiger partial charge < -0.3 is 10.1 Å². The Kier molecular flexibility index (Phi) is 5.94. The number of carbonyl (C=O) groups excluding carboxylic acids is 2. The lowest BCUT2D eigenvalue weighted by atomic mass is 9.86. The molecule has 192 valence electrons. The molecule has 4 heterocycles. The molecule has 1 amide bonds. The van der Waals surface area contributed by atoms with E-state index in [1.165, 1.54) is 6.07 Å². The topological polar surface area (TPSA) is 112 Å². The summed E-state index contributed by atoms with van der Waals surface area (Å²) < 4.78 is 21.3. The molecule has 10 heteroatoms. The highest BCUT2D eigenvalue weighted by molar-refractivity contribution is 6.06. The Morgan fingerprint density at radius 2 is 1.92 bits per heavy atom. The van der Waals surface area contributed by atoms with Gasteiger partial charge in [0.15, 0.2) is 11.5 Å². The van der Waals surface area contributed by atoms with Gasteiger partial charge in [-0.1, -0.05) is 18.2 Å². The SMILES string of the molecule is CC(C)(C)OC(=O)C#Cc1nc(-c2nn(Cc3ccccc3F)c3ncccc23)nc2c1C(C)(C)C(=O)N2. The van der Waals surface area contributed by atoms with Crippen LogP contribution in [0.3, 0.4) is 0 Å². The minimum Gasteiger partial charge on any atom is -0.450 e. The van der Waals surface area contributed by atoms with Crippen molar-refractivity contribution in [1.29, 1.82) is 0 Å². The second kappa shape index (κ2) is 9.03. The number of hydrogen-bond acceptors (Lipinski definition) is 7. The van der Waals surface area contributed by atoms with Crippen LogP contribution in [-0.2, 0) is 26.3 Å². The van der Waals surface area contributed by atoms with Crippen molar-refractivity contribution < 1.29 is 18.7 Å². The van der Waals surface area contributed by atoms with Crippen LogP contribution in [0.4, 0.5) is 10.2 Å². The second-order valence-electron chi connectivity index (χ2n) is 10.4. The van der Waals surface area contributed by atoms with Crippen molar-refractivity contribution in [1.82, 2.24) is 24.7 Å². The van der Waals surface area contributed by atoms with Crippen LogP contribution in [-0.4, -0.2) is 42.2 Å². The smallest absolute Gasteiger partial charge is 0.385 e. The van der Waals surface area contributed by atoms with Crippen molar-refractivity contribution in [3.8, 4) is 23.4 Å². The van der Waals surface area contributed by atoms with E-state index in [-0.39, 0.29) is 29.8 Å². The second-order valence-corrected chi connectivity index (χ2v) is 10.4. The predicted molar refractivity (Wildman–Crippen MR) is 138 cm³/mol. The van der Waals surface area contributed by atoms with Gasteiger partial charge in [-0.2, -0.15) is 5.10 Å². The number of aromatic nitrogens is 5. The molecule has 4 aromatic rings. The molecule has 1 aromatic carbocycles. The van der Waals surface area contributed by atoms with Gasteiger partial charge in [-0.3, -0.25) is 4.79 Å². The molecule has 0 unspecified atom stereocenters. The summed E-state index contributed by atoms with van der Waals surface area (Å²) >= 11 is 0. The van der Waals surface area contributed by atoms with E-state index in [0.29, 0.717) is 33.7 Å². The Labute approximate surface area is 218 Å². The van der Waals surface area contributed by atoms with Crippen LogP contribution >= 0.6 is 0 Å². The zero-order valence-electron chi connectivity index (χ0n) is 21.6. The highest BCUT2D eigenvalue weighted by Gasteiger charge is 2.42. The van der Waals surface area contributed by atoms with Gasteiger partial charge in [-0.25, -0.2) is 28.8 Å². The number of nitrogens with one attached hydrogen (secondary N) is 1. The average molecular weight is 513 g/mol. The number of amides is 1. The summed E-state index contributed by atoms with van der Waals surface area (Å²) in [5.74, 6) is 4.40. The summed E-state index contributed by atoms with van der Waals surface area (Å²) in [6.07, 6.45) is 1.62. The molecule has 0 spiro atoms. The van der Waals surface area contributed by atoms with Crippen molar-refractivity contribution in [3.05, 3.63) is 65.2 Å². The molecule has 38 heavy (non-hydrogen) atoms. The number of esters is 1. The molecule has 1 aliphatic heterocycles. The number of hydrogen-bond donors (Lipinski definition) is 1. The van der Waals surface area contributed by atoms with Crippen molar-refractivity contribution in [3.63, 3.8) is 0 Å². The fourth-order valence-electron chi connectivity index (χ4n) is 4.20. The fraction of sp³-hybridized carbons (Fsp3) is 0.286. The third-order valence-electron chi connectivity index (χ3n) is 6.01. The Hall–Kier alpha value is -4.65. The summed E-state index contributed by atoms with van der Waals surface area (Å²) in [7, 11) is 0. The molecule has 0 saturated heterocycles. The van der Waals surface area contributed by atoms with Gasteiger partial charge in [0.1, 0.15) is 28.6 Å². The maximum atomic E-state index is 14.4. The third kappa shape index (κ3) is 4.59. The lowest BCUT2D eigenvalue weighted by molar-refractivity contribution is -0.147. The molecule has 0 bridgehead atoms. The van der Waals surface area contributed by atoms with Gasteiger partial charge in [0.25, 0.3) is 0 Å². The lowest BCUT2D eigenvalue weighted by Gasteiger charge is -2.17. The first-order valence-corrected chi connectivity index (χ1v) is 12.0. The van der Waals surface area contributed by atoms with Crippen LogP contribution < -0.4 is 5.32 Å². The third-order valence-corrected chi connectivity index (χ3v) is 6.01. The Morgan fingerprint density at radius 1 is 1.16 bits per heavy atom. The van der Waals surface area contributed by atoms with E-state index in [1.54, 1.807) is 69.8 Å². The van der Waals surface area contributed by atoms with Crippen LogP contribution in [0.15, 0.2) is 42.6 Å². The molecule has 3 aromatic heterocycles. The predicted octanol–water partition coefficient (Wildman–Crippen LogP) is 4.00. The average Bonchev–Trinajstić information content (AvgIpc) is 3.32. The number of benzene rings is 1. The minimum absolute atomic E-state index is 0.139. The molecule has 0 radical (unpaired) electrons. The van der Waals surface area contributed by atoms with E-state index >= 15 is 0 Å². The number of nitrogens with zero attached hydrogens (tertiary/aromatic N) is 5. The zero-order chi connectivity index (χ0) is 27.2. The van der Waals surface area contributed by atoms with Gasteiger partial charge >= 0.3 is 5.97 Å². The molecule has 1 N–H and O–H groups in total. The summed E-state index contributed by atoms with van der Waals surface area (Å²) in [5, 5.41) is 8.10. The molecule has 0 aliphatic carbocycles. The van der Waals surface area contributed by atoms with Gasteiger partial charge in [-0.05, 0) is 58.7 Å². The van der Waals surface area contributed by atoms with Gasteiger partial charge in [0.05, 0.1) is 17.3 Å². The first kappa shape index (κ1) is 25.0. The van der Waals surface area contributed by atoms with Gasteiger partial charge in [0, 0.05) is 23.2 Å². The Bertz CT molecular complexity index is 1670. The van der Waals surface area contributed by atoms with E-state index in [4.69, 9.17) is 4.74 Å². The highest BCUT2D eigenvalue weighted by atomic mass is 19.1. The highest BCUT2D eigenvalue weighted by Crippen LogP contribution is 2.39. The number of ether oxygens (including phenoxy) is 1. The van der Waals surface area contributed by atoms with Crippen molar-refractivity contribution >= 4 is 28.7 Å². The fourth-order valence-corrected chi connectivity index (χ4v) is 4.20. The van der Waals surface area contributed by atoms with Crippen molar-refractivity contribution in [2.45, 2.75) is 52.2 Å². The van der Waals surface area contributed by atoms with E-state index in [1.807, 2.05) is 6.07 Å².